The van der Waals surface area contributed by atoms with Crippen LogP contribution in [0.25, 0.3) is 0 Å². The molecule has 1 aliphatic rings. The van der Waals surface area contributed by atoms with E-state index in [0.717, 1.165) is 43.9 Å². The summed E-state index contributed by atoms with van der Waals surface area (Å²) < 4.78 is 11.1. The molecule has 27 heavy (non-hydrogen) atoms. The highest BCUT2D eigenvalue weighted by molar-refractivity contribution is 5.51. The summed E-state index contributed by atoms with van der Waals surface area (Å²) in [5.41, 5.74) is 4.01. The summed E-state index contributed by atoms with van der Waals surface area (Å²) in [6.45, 7) is 2.13. The molecule has 1 atom stereocenters. The summed E-state index contributed by atoms with van der Waals surface area (Å²) in [5.74, 6) is 4.35. The number of nitrogens with zero attached hydrogens (tertiary/aromatic N) is 1. The maximum Gasteiger partial charge on any atom is 0.161 e. The fourth-order valence-electron chi connectivity index (χ4n) is 3.98. The van der Waals surface area contributed by atoms with Gasteiger partial charge in [0.1, 0.15) is 0 Å². The molecule has 0 saturated carbocycles. The zero-order chi connectivity index (χ0) is 19.1. The van der Waals surface area contributed by atoms with Crippen LogP contribution in [0.1, 0.15) is 48.4 Å². The van der Waals surface area contributed by atoms with Crippen molar-refractivity contribution in [2.75, 3.05) is 27.3 Å². The van der Waals surface area contributed by atoms with Gasteiger partial charge in [-0.1, -0.05) is 36.8 Å². The van der Waals surface area contributed by atoms with Crippen molar-refractivity contribution in [3.63, 3.8) is 0 Å². The number of terminal acetylenes is 1. The molecule has 0 amide bonds. The van der Waals surface area contributed by atoms with Crippen LogP contribution < -0.4 is 9.47 Å². The molecule has 3 heteroatoms. The van der Waals surface area contributed by atoms with Crippen LogP contribution in [0.15, 0.2) is 42.5 Å². The molecular formula is C24H29NO2. The van der Waals surface area contributed by atoms with Crippen molar-refractivity contribution in [1.82, 2.24) is 4.90 Å². The van der Waals surface area contributed by atoms with E-state index in [4.69, 9.17) is 15.9 Å². The highest BCUT2D eigenvalue weighted by atomic mass is 16.5. The number of hydrogen-bond acceptors (Lipinski definition) is 3. The second-order valence-corrected chi connectivity index (χ2v) is 7.02. The van der Waals surface area contributed by atoms with Gasteiger partial charge in [0.05, 0.1) is 20.3 Å². The fourth-order valence-corrected chi connectivity index (χ4v) is 3.98. The van der Waals surface area contributed by atoms with Crippen molar-refractivity contribution in [3.8, 4) is 23.8 Å². The van der Waals surface area contributed by atoms with Crippen molar-refractivity contribution in [2.24, 2.45) is 0 Å². The number of benzene rings is 2. The van der Waals surface area contributed by atoms with Crippen molar-refractivity contribution < 1.29 is 9.47 Å². The lowest BCUT2D eigenvalue weighted by Gasteiger charge is -2.38. The quantitative estimate of drug-likeness (QED) is 0.494. The summed E-state index contributed by atoms with van der Waals surface area (Å²) >= 11 is 0. The zero-order valence-electron chi connectivity index (χ0n) is 16.4. The third-order valence-electron chi connectivity index (χ3n) is 5.36. The lowest BCUT2D eigenvalue weighted by Crippen LogP contribution is -2.36. The van der Waals surface area contributed by atoms with Crippen molar-refractivity contribution in [2.45, 2.75) is 38.1 Å². The first kappa shape index (κ1) is 19.3. The van der Waals surface area contributed by atoms with Gasteiger partial charge in [-0.25, -0.2) is 0 Å². The molecule has 3 rings (SSSR count). The van der Waals surface area contributed by atoms with Crippen molar-refractivity contribution in [1.29, 1.82) is 0 Å². The molecule has 3 nitrogen and oxygen atoms in total. The van der Waals surface area contributed by atoms with Gasteiger partial charge in [-0.15, -0.1) is 12.3 Å². The Morgan fingerprint density at radius 2 is 1.78 bits per heavy atom. The van der Waals surface area contributed by atoms with E-state index < -0.39 is 0 Å². The minimum absolute atomic E-state index is 0.252. The lowest BCUT2D eigenvalue weighted by molar-refractivity contribution is 0.208. The first-order valence-electron chi connectivity index (χ1n) is 9.75. The van der Waals surface area contributed by atoms with Gasteiger partial charge < -0.3 is 9.47 Å². The van der Waals surface area contributed by atoms with E-state index >= 15 is 0 Å². The summed E-state index contributed by atoms with van der Waals surface area (Å²) in [7, 11) is 3.40. The Labute approximate surface area is 163 Å². The number of methoxy groups -OCH3 is 2. The van der Waals surface area contributed by atoms with Crippen LogP contribution in [0.5, 0.6) is 11.5 Å². The lowest BCUT2D eigenvalue weighted by atomic mass is 9.87. The van der Waals surface area contributed by atoms with E-state index in [-0.39, 0.29) is 6.04 Å². The number of unbranched alkanes of at least 4 members (excludes halogenated alkanes) is 3. The van der Waals surface area contributed by atoms with E-state index in [9.17, 15) is 0 Å². The van der Waals surface area contributed by atoms with E-state index in [1.165, 1.54) is 29.5 Å². The number of hydrogen-bond donors (Lipinski definition) is 0. The second-order valence-electron chi connectivity index (χ2n) is 7.02. The summed E-state index contributed by atoms with van der Waals surface area (Å²) in [5, 5.41) is 0. The summed E-state index contributed by atoms with van der Waals surface area (Å²) in [6.07, 6.45) is 10.8. The average Bonchev–Trinajstić information content (AvgIpc) is 2.72. The normalized spacial score (nSPS) is 16.4. The van der Waals surface area contributed by atoms with Crippen LogP contribution >= 0.6 is 0 Å². The Morgan fingerprint density at radius 1 is 1.04 bits per heavy atom. The molecule has 2 aromatic rings. The van der Waals surface area contributed by atoms with Crippen LogP contribution in [0.2, 0.25) is 0 Å². The molecule has 0 radical (unpaired) electrons. The van der Waals surface area contributed by atoms with Gasteiger partial charge in [-0.3, -0.25) is 4.90 Å². The van der Waals surface area contributed by atoms with Gasteiger partial charge in [0.2, 0.25) is 0 Å². The van der Waals surface area contributed by atoms with Gasteiger partial charge >= 0.3 is 0 Å². The van der Waals surface area contributed by atoms with Gasteiger partial charge in [0, 0.05) is 13.0 Å². The minimum atomic E-state index is 0.252. The molecule has 2 aromatic carbocycles. The number of fused-ring (bicyclic) bond motifs is 1. The molecule has 0 saturated heterocycles. The zero-order valence-corrected chi connectivity index (χ0v) is 16.4. The van der Waals surface area contributed by atoms with Crippen LogP contribution in [0.4, 0.5) is 0 Å². The van der Waals surface area contributed by atoms with Crippen molar-refractivity contribution >= 4 is 0 Å². The van der Waals surface area contributed by atoms with E-state index in [1.807, 2.05) is 0 Å². The SMILES string of the molecule is C#CCCCCCN1CCc2cc(OC)c(OC)cc2[C@@H]1c1ccccc1. The Bertz CT molecular complexity index is 779. The molecular weight excluding hydrogens is 334 g/mol. The van der Waals surface area contributed by atoms with E-state index in [0.29, 0.717) is 0 Å². The topological polar surface area (TPSA) is 21.7 Å². The largest absolute Gasteiger partial charge is 0.493 e. The highest BCUT2D eigenvalue weighted by Gasteiger charge is 2.29. The maximum atomic E-state index is 5.58. The van der Waals surface area contributed by atoms with Gasteiger partial charge in [-0.2, -0.15) is 0 Å². The molecule has 0 N–H and O–H groups in total. The molecule has 1 heterocycles. The molecule has 0 aromatic heterocycles. The van der Waals surface area contributed by atoms with E-state index in [1.54, 1.807) is 14.2 Å². The van der Waals surface area contributed by atoms with Crippen molar-refractivity contribution in [3.05, 3.63) is 59.2 Å². The third kappa shape index (κ3) is 4.46. The third-order valence-corrected chi connectivity index (χ3v) is 5.36. The average molecular weight is 364 g/mol. The molecule has 0 unspecified atom stereocenters. The highest BCUT2D eigenvalue weighted by Crippen LogP contribution is 2.41. The minimum Gasteiger partial charge on any atom is -0.493 e. The fraction of sp³-hybridized carbons (Fsp3) is 0.417. The summed E-state index contributed by atoms with van der Waals surface area (Å²) in [6, 6.07) is 15.3. The first-order valence-corrected chi connectivity index (χ1v) is 9.75. The Balaban J connectivity index is 1.90. The predicted octanol–water partition coefficient (Wildman–Crippen LogP) is 4.84. The van der Waals surface area contributed by atoms with Crippen LogP contribution in [0, 0.1) is 12.3 Å². The molecule has 142 valence electrons. The molecule has 0 bridgehead atoms. The Hall–Kier alpha value is -2.44. The van der Waals surface area contributed by atoms with Gasteiger partial charge in [0.15, 0.2) is 11.5 Å². The van der Waals surface area contributed by atoms with Crippen LogP contribution in [-0.2, 0) is 6.42 Å². The molecule has 0 spiro atoms. The van der Waals surface area contributed by atoms with Crippen LogP contribution in [-0.4, -0.2) is 32.2 Å². The summed E-state index contributed by atoms with van der Waals surface area (Å²) in [4.78, 5) is 2.60. The van der Waals surface area contributed by atoms with Crippen LogP contribution in [0.3, 0.4) is 0 Å². The molecule has 0 aliphatic carbocycles. The van der Waals surface area contributed by atoms with E-state index in [2.05, 4.69) is 53.3 Å². The molecule has 0 fully saturated rings. The number of rotatable bonds is 8. The monoisotopic (exact) mass is 363 g/mol. The first-order chi connectivity index (χ1) is 13.3. The smallest absolute Gasteiger partial charge is 0.161 e. The van der Waals surface area contributed by atoms with Gasteiger partial charge in [-0.05, 0) is 54.6 Å². The second kappa shape index (κ2) is 9.48. The predicted molar refractivity (Wildman–Crippen MR) is 110 cm³/mol. The Morgan fingerprint density at radius 3 is 2.48 bits per heavy atom. The van der Waals surface area contributed by atoms with Gasteiger partial charge in [0.25, 0.3) is 0 Å². The number of ether oxygens (including phenoxy) is 2. The Kier molecular flexibility index (Phi) is 6.79. The maximum absolute atomic E-state index is 5.58. The molecule has 1 aliphatic heterocycles. The standard InChI is InChI=1S/C24H29NO2/c1-4-5-6-7-11-15-25-16-14-20-17-22(26-2)23(27-3)18-21(20)24(25)19-12-9-8-10-13-19/h1,8-10,12-13,17-18,24H,5-7,11,14-16H2,2-3H3/t24-/m0/s1.